The van der Waals surface area contributed by atoms with Gasteiger partial charge in [0, 0.05) is 25.1 Å². The summed E-state index contributed by atoms with van der Waals surface area (Å²) in [6.07, 6.45) is 0.844. The second kappa shape index (κ2) is 10.5. The molecule has 0 spiro atoms. The highest BCUT2D eigenvalue weighted by Crippen LogP contribution is 2.26. The van der Waals surface area contributed by atoms with Gasteiger partial charge in [0.15, 0.2) is 0 Å². The zero-order valence-corrected chi connectivity index (χ0v) is 20.7. The molecule has 1 N–H and O–H groups in total. The van der Waals surface area contributed by atoms with Gasteiger partial charge < -0.3 is 10.1 Å². The van der Waals surface area contributed by atoms with Crippen LogP contribution in [0.25, 0.3) is 0 Å². The second-order valence-corrected chi connectivity index (χ2v) is 11.2. The van der Waals surface area contributed by atoms with E-state index < -0.39 is 44.5 Å². The van der Waals surface area contributed by atoms with E-state index in [2.05, 4.69) is 5.32 Å². The van der Waals surface area contributed by atoms with E-state index in [0.29, 0.717) is 18.4 Å². The largest absolute Gasteiger partial charge is 0.458 e. The van der Waals surface area contributed by atoms with Crippen LogP contribution >= 0.6 is 0 Å². The Morgan fingerprint density at radius 2 is 1.77 bits per heavy atom. The summed E-state index contributed by atoms with van der Waals surface area (Å²) in [6.45, 7) is 5.27. The normalized spacial score (nSPS) is 17.5. The van der Waals surface area contributed by atoms with E-state index in [1.165, 1.54) is 36.4 Å². The molecule has 1 fully saturated rings. The molecule has 35 heavy (non-hydrogen) atoms. The molecule has 0 unspecified atom stereocenters. The number of nitrogens with one attached hydrogen (secondary N) is 1. The Labute approximate surface area is 204 Å². The summed E-state index contributed by atoms with van der Waals surface area (Å²) < 4.78 is 32.9. The molecule has 10 nitrogen and oxygen atoms in total. The number of carbonyl (C=O) groups is 2. The molecule has 188 valence electrons. The maximum atomic E-state index is 13.2. The topological polar surface area (TPSA) is 136 Å². The van der Waals surface area contributed by atoms with Gasteiger partial charge in [-0.25, -0.2) is 13.2 Å². The monoisotopic (exact) mass is 503 g/mol. The van der Waals surface area contributed by atoms with Gasteiger partial charge in [0.25, 0.3) is 5.69 Å². The average molecular weight is 504 g/mol. The summed E-state index contributed by atoms with van der Waals surface area (Å²) in [5.74, 6) is -1.28. The van der Waals surface area contributed by atoms with Gasteiger partial charge in [-0.2, -0.15) is 4.31 Å². The molecule has 3 rings (SSSR count). The van der Waals surface area contributed by atoms with E-state index in [9.17, 15) is 28.1 Å². The number of nitro groups is 1. The summed E-state index contributed by atoms with van der Waals surface area (Å²) in [6, 6.07) is 11.4. The predicted octanol–water partition coefficient (Wildman–Crippen LogP) is 2.82. The summed E-state index contributed by atoms with van der Waals surface area (Å²) in [7, 11) is -3.90. The first kappa shape index (κ1) is 26.3. The first-order chi connectivity index (χ1) is 16.4. The van der Waals surface area contributed by atoms with Gasteiger partial charge in [-0.3, -0.25) is 14.9 Å². The lowest BCUT2D eigenvalue weighted by molar-refractivity contribution is -0.384. The number of nitro benzene ring substituents is 1. The Hall–Kier alpha value is -3.31. The molecule has 0 saturated carbocycles. The molecular weight excluding hydrogens is 474 g/mol. The highest BCUT2D eigenvalue weighted by Gasteiger charge is 2.41. The number of rotatable bonds is 8. The van der Waals surface area contributed by atoms with Crippen molar-refractivity contribution in [3.05, 3.63) is 70.3 Å². The second-order valence-electron chi connectivity index (χ2n) is 9.31. The number of carbonyl (C=O) groups excluding carboxylic acids is 2. The molecule has 0 aliphatic carbocycles. The zero-order chi connectivity index (χ0) is 25.8. The van der Waals surface area contributed by atoms with E-state index in [1.807, 2.05) is 0 Å². The molecule has 1 heterocycles. The number of esters is 1. The van der Waals surface area contributed by atoms with Crippen LogP contribution in [0.2, 0.25) is 0 Å². The third kappa shape index (κ3) is 6.64. The fourth-order valence-corrected chi connectivity index (χ4v) is 5.52. The third-order valence-electron chi connectivity index (χ3n) is 5.45. The minimum Gasteiger partial charge on any atom is -0.458 e. The van der Waals surface area contributed by atoms with Crippen molar-refractivity contribution in [2.75, 3.05) is 6.54 Å². The molecule has 0 radical (unpaired) electrons. The van der Waals surface area contributed by atoms with Crippen LogP contribution in [0.3, 0.4) is 0 Å². The van der Waals surface area contributed by atoms with Crippen LogP contribution < -0.4 is 5.32 Å². The van der Waals surface area contributed by atoms with Crippen molar-refractivity contribution in [2.24, 2.45) is 0 Å². The molecule has 11 heteroatoms. The first-order valence-corrected chi connectivity index (χ1v) is 12.7. The molecule has 1 aliphatic rings. The highest BCUT2D eigenvalue weighted by molar-refractivity contribution is 7.89. The third-order valence-corrected chi connectivity index (χ3v) is 7.37. The van der Waals surface area contributed by atoms with Gasteiger partial charge >= 0.3 is 5.97 Å². The lowest BCUT2D eigenvalue weighted by Crippen LogP contribution is -2.52. The molecule has 2 aromatic carbocycles. The number of sulfonamides is 1. The maximum Gasteiger partial charge on any atom is 0.329 e. The molecule has 1 aliphatic heterocycles. The van der Waals surface area contributed by atoms with Crippen LogP contribution in [0.15, 0.2) is 59.5 Å². The van der Waals surface area contributed by atoms with Crippen LogP contribution in [-0.4, -0.2) is 53.8 Å². The van der Waals surface area contributed by atoms with E-state index in [0.717, 1.165) is 4.31 Å². The number of non-ortho nitro benzene ring substituents is 1. The SMILES string of the molecule is CC(C)(C)OC(=O)[C@H](Cc1ccc([N+](=O)[O-])cc1)NC(=O)[C@@H]1CCCN1S(=O)(=O)c1ccccc1. The number of amides is 1. The summed E-state index contributed by atoms with van der Waals surface area (Å²) in [5, 5.41) is 13.6. The fourth-order valence-electron chi connectivity index (χ4n) is 3.84. The zero-order valence-electron chi connectivity index (χ0n) is 19.8. The quantitative estimate of drug-likeness (QED) is 0.332. The molecule has 1 amide bonds. The van der Waals surface area contributed by atoms with Crippen molar-refractivity contribution in [1.29, 1.82) is 0 Å². The lowest BCUT2D eigenvalue weighted by atomic mass is 10.0. The van der Waals surface area contributed by atoms with Crippen LogP contribution in [0, 0.1) is 10.1 Å². The standard InChI is InChI=1S/C24H29N3O7S/c1-24(2,3)34-23(29)20(16-17-11-13-18(14-12-17)27(30)31)25-22(28)21-10-7-15-26(21)35(32,33)19-8-5-4-6-9-19/h4-6,8-9,11-14,20-21H,7,10,15-16H2,1-3H3,(H,25,28)/t20-,21-/m0/s1. The number of ether oxygens (including phenoxy) is 1. The highest BCUT2D eigenvalue weighted by atomic mass is 32.2. The Bertz CT molecular complexity index is 1180. The summed E-state index contributed by atoms with van der Waals surface area (Å²) in [5.41, 5.74) is -0.336. The summed E-state index contributed by atoms with van der Waals surface area (Å²) >= 11 is 0. The van der Waals surface area contributed by atoms with Crippen molar-refractivity contribution in [3.8, 4) is 0 Å². The predicted molar refractivity (Wildman–Crippen MR) is 128 cm³/mol. The van der Waals surface area contributed by atoms with Crippen molar-refractivity contribution >= 4 is 27.6 Å². The number of benzene rings is 2. The van der Waals surface area contributed by atoms with Crippen molar-refractivity contribution in [2.45, 2.75) is 62.6 Å². The van der Waals surface area contributed by atoms with Crippen LogP contribution in [0.5, 0.6) is 0 Å². The molecule has 0 aromatic heterocycles. The average Bonchev–Trinajstić information content (AvgIpc) is 3.29. The molecule has 0 bridgehead atoms. The van der Waals surface area contributed by atoms with Gasteiger partial charge in [-0.1, -0.05) is 30.3 Å². The number of hydrogen-bond acceptors (Lipinski definition) is 7. The van der Waals surface area contributed by atoms with E-state index >= 15 is 0 Å². The smallest absolute Gasteiger partial charge is 0.329 e. The Morgan fingerprint density at radius 1 is 1.14 bits per heavy atom. The number of nitrogens with zero attached hydrogens (tertiary/aromatic N) is 2. The van der Waals surface area contributed by atoms with E-state index in [-0.39, 0.29) is 23.5 Å². The maximum absolute atomic E-state index is 13.2. The Balaban J connectivity index is 1.82. The van der Waals surface area contributed by atoms with Crippen molar-refractivity contribution < 1.29 is 27.7 Å². The van der Waals surface area contributed by atoms with Gasteiger partial charge in [0.05, 0.1) is 9.82 Å². The van der Waals surface area contributed by atoms with Crippen molar-refractivity contribution in [1.82, 2.24) is 9.62 Å². The Kier molecular flexibility index (Phi) is 7.91. The first-order valence-electron chi connectivity index (χ1n) is 11.2. The minimum atomic E-state index is -3.90. The lowest BCUT2D eigenvalue weighted by Gasteiger charge is -2.27. The van der Waals surface area contributed by atoms with E-state index in [4.69, 9.17) is 4.74 Å². The molecule has 2 aromatic rings. The van der Waals surface area contributed by atoms with Crippen LogP contribution in [0.4, 0.5) is 5.69 Å². The van der Waals surface area contributed by atoms with Gasteiger partial charge in [0.2, 0.25) is 15.9 Å². The molecular formula is C24H29N3O7S. The molecule has 2 atom stereocenters. The van der Waals surface area contributed by atoms with E-state index in [1.54, 1.807) is 39.0 Å². The van der Waals surface area contributed by atoms with Crippen LogP contribution in [0.1, 0.15) is 39.2 Å². The van der Waals surface area contributed by atoms with Gasteiger partial charge in [-0.05, 0) is 51.3 Å². The number of hydrogen-bond donors (Lipinski definition) is 1. The molecule has 1 saturated heterocycles. The minimum absolute atomic E-state index is 0.0246. The fraction of sp³-hybridized carbons (Fsp3) is 0.417. The Morgan fingerprint density at radius 3 is 2.34 bits per heavy atom. The van der Waals surface area contributed by atoms with Gasteiger partial charge in [0.1, 0.15) is 17.7 Å². The summed E-state index contributed by atoms with van der Waals surface area (Å²) in [4.78, 5) is 36.6. The van der Waals surface area contributed by atoms with Gasteiger partial charge in [-0.15, -0.1) is 0 Å². The van der Waals surface area contributed by atoms with Crippen molar-refractivity contribution in [3.63, 3.8) is 0 Å². The van der Waals surface area contributed by atoms with Crippen LogP contribution in [-0.2, 0) is 30.8 Å².